The van der Waals surface area contributed by atoms with Crippen molar-refractivity contribution in [3.8, 4) is 0 Å². The molecule has 0 radical (unpaired) electrons. The molecule has 0 heterocycles. The summed E-state index contributed by atoms with van der Waals surface area (Å²) in [5.74, 6) is 0.0403. The van der Waals surface area contributed by atoms with Gasteiger partial charge in [0.2, 0.25) is 0 Å². The van der Waals surface area contributed by atoms with Gasteiger partial charge in [0.05, 0.1) is 10.0 Å². The van der Waals surface area contributed by atoms with Gasteiger partial charge in [-0.05, 0) is 19.4 Å². The lowest BCUT2D eigenvalue weighted by molar-refractivity contribution is -0.130. The molecule has 0 fully saturated rings. The molecule has 0 N–H and O–H groups in total. The van der Waals surface area contributed by atoms with Gasteiger partial charge in [-0.15, -0.1) is 0 Å². The van der Waals surface area contributed by atoms with Crippen LogP contribution in [0.1, 0.15) is 38.4 Å². The van der Waals surface area contributed by atoms with Crippen LogP contribution in [-0.4, -0.2) is 12.4 Å². The first kappa shape index (κ1) is 14.5. The molecule has 0 amide bonds. The highest BCUT2D eigenvalue weighted by atomic mass is 35.5. The Labute approximate surface area is 112 Å². The van der Waals surface area contributed by atoms with E-state index in [-0.39, 0.29) is 5.78 Å². The van der Waals surface area contributed by atoms with Crippen LogP contribution >= 0.6 is 23.2 Å². The number of hydrogen-bond donors (Lipinski definition) is 0. The minimum Gasteiger partial charge on any atom is -0.366 e. The molecule has 1 atom stereocenters. The molecule has 1 rings (SSSR count). The van der Waals surface area contributed by atoms with Gasteiger partial charge in [-0.2, -0.15) is 0 Å². The fraction of sp³-hybridized carbons (Fsp3) is 0.462. The summed E-state index contributed by atoms with van der Waals surface area (Å²) in [7, 11) is 0. The first-order valence-corrected chi connectivity index (χ1v) is 6.45. The second-order valence-electron chi connectivity index (χ2n) is 3.69. The van der Waals surface area contributed by atoms with E-state index >= 15 is 0 Å². The summed E-state index contributed by atoms with van der Waals surface area (Å²) >= 11 is 12.0. The molecule has 0 aromatic heterocycles. The number of Topliss-reactive ketones (excluding diaryl/α,β-unsaturated/α-hetero) is 1. The van der Waals surface area contributed by atoms with Crippen molar-refractivity contribution < 1.29 is 9.53 Å². The summed E-state index contributed by atoms with van der Waals surface area (Å²) < 4.78 is 5.49. The molecule has 1 aromatic carbocycles. The van der Waals surface area contributed by atoms with Crippen molar-refractivity contribution in [2.75, 3.05) is 6.61 Å². The van der Waals surface area contributed by atoms with Crippen LogP contribution in [0, 0.1) is 0 Å². The van der Waals surface area contributed by atoms with Crippen molar-refractivity contribution in [3.05, 3.63) is 33.8 Å². The van der Waals surface area contributed by atoms with Gasteiger partial charge in [-0.25, -0.2) is 0 Å². The topological polar surface area (TPSA) is 26.3 Å². The molecule has 0 bridgehead atoms. The molecule has 2 nitrogen and oxygen atoms in total. The summed E-state index contributed by atoms with van der Waals surface area (Å²) in [6.45, 7) is 4.27. The third-order valence-corrected chi connectivity index (χ3v) is 3.22. The van der Waals surface area contributed by atoms with Crippen molar-refractivity contribution in [2.24, 2.45) is 0 Å². The quantitative estimate of drug-likeness (QED) is 0.767. The zero-order valence-corrected chi connectivity index (χ0v) is 11.5. The van der Waals surface area contributed by atoms with E-state index in [9.17, 15) is 4.79 Å². The van der Waals surface area contributed by atoms with Crippen LogP contribution < -0.4 is 0 Å². The molecule has 0 aliphatic heterocycles. The Morgan fingerprint density at radius 2 is 2.06 bits per heavy atom. The van der Waals surface area contributed by atoms with Gasteiger partial charge < -0.3 is 4.74 Å². The van der Waals surface area contributed by atoms with E-state index in [4.69, 9.17) is 27.9 Å². The Bertz CT molecular complexity index is 391. The number of benzene rings is 1. The molecule has 4 heteroatoms. The fourth-order valence-corrected chi connectivity index (χ4v) is 2.03. The van der Waals surface area contributed by atoms with Crippen molar-refractivity contribution >= 4 is 29.0 Å². The molecule has 17 heavy (non-hydrogen) atoms. The van der Waals surface area contributed by atoms with E-state index in [1.807, 2.05) is 13.8 Å². The van der Waals surface area contributed by atoms with Crippen molar-refractivity contribution in [1.29, 1.82) is 0 Å². The molecule has 1 aromatic rings. The van der Waals surface area contributed by atoms with E-state index in [0.717, 1.165) is 6.42 Å². The van der Waals surface area contributed by atoms with Gasteiger partial charge in [0, 0.05) is 18.6 Å². The summed E-state index contributed by atoms with van der Waals surface area (Å²) in [5.41, 5.74) is 0.652. The Balaban J connectivity index is 3.05. The van der Waals surface area contributed by atoms with Crippen molar-refractivity contribution in [2.45, 2.75) is 32.8 Å². The fourth-order valence-electron chi connectivity index (χ4n) is 1.62. The lowest BCUT2D eigenvalue weighted by atomic mass is 10.0. The normalized spacial score (nSPS) is 12.5. The van der Waals surface area contributed by atoms with Crippen molar-refractivity contribution in [3.63, 3.8) is 0 Å². The van der Waals surface area contributed by atoms with Gasteiger partial charge in [-0.3, -0.25) is 4.79 Å². The standard InChI is InChI=1S/C13H16Cl2O2/c1-3-6-11(16)13(17-4-2)9-7-5-8-10(14)12(9)15/h5,7-8,13H,3-4,6H2,1-2H3. The summed E-state index contributed by atoms with van der Waals surface area (Å²) in [5, 5.41) is 0.843. The zero-order chi connectivity index (χ0) is 12.8. The lowest BCUT2D eigenvalue weighted by Gasteiger charge is -2.17. The van der Waals surface area contributed by atoms with Gasteiger partial charge in [0.1, 0.15) is 6.10 Å². The van der Waals surface area contributed by atoms with E-state index < -0.39 is 6.10 Å². The van der Waals surface area contributed by atoms with Crippen LogP contribution in [0.2, 0.25) is 10.0 Å². The maximum Gasteiger partial charge on any atom is 0.166 e. The minimum atomic E-state index is -0.605. The third-order valence-electron chi connectivity index (χ3n) is 2.39. The second-order valence-corrected chi connectivity index (χ2v) is 4.48. The Kier molecular flexibility index (Phi) is 5.96. The van der Waals surface area contributed by atoms with Gasteiger partial charge in [0.15, 0.2) is 5.78 Å². The van der Waals surface area contributed by atoms with Crippen LogP contribution in [0.25, 0.3) is 0 Å². The number of halogens is 2. The minimum absolute atomic E-state index is 0.0403. The predicted molar refractivity (Wildman–Crippen MR) is 70.7 cm³/mol. The van der Waals surface area contributed by atoms with Crippen LogP contribution in [0.5, 0.6) is 0 Å². The predicted octanol–water partition coefficient (Wildman–Crippen LogP) is 4.44. The lowest BCUT2D eigenvalue weighted by Crippen LogP contribution is -2.16. The van der Waals surface area contributed by atoms with Gasteiger partial charge in [-0.1, -0.05) is 42.3 Å². The molecule has 94 valence electrons. The van der Waals surface area contributed by atoms with E-state index in [2.05, 4.69) is 0 Å². The van der Waals surface area contributed by atoms with E-state index in [1.165, 1.54) is 0 Å². The summed E-state index contributed by atoms with van der Waals surface area (Å²) in [6.07, 6.45) is 0.667. The number of hydrogen-bond acceptors (Lipinski definition) is 2. The first-order chi connectivity index (χ1) is 8.11. The maximum atomic E-state index is 12.0. The smallest absolute Gasteiger partial charge is 0.166 e. The molecular formula is C13H16Cl2O2. The Morgan fingerprint density at radius 3 is 2.65 bits per heavy atom. The van der Waals surface area contributed by atoms with Crippen LogP contribution in [-0.2, 0) is 9.53 Å². The molecule has 0 aliphatic rings. The third kappa shape index (κ3) is 3.70. The van der Waals surface area contributed by atoms with E-state index in [0.29, 0.717) is 28.6 Å². The monoisotopic (exact) mass is 274 g/mol. The molecule has 0 aliphatic carbocycles. The highest BCUT2D eigenvalue weighted by molar-refractivity contribution is 6.42. The van der Waals surface area contributed by atoms with Gasteiger partial charge >= 0.3 is 0 Å². The number of ether oxygens (including phenoxy) is 1. The Hall–Kier alpha value is -0.570. The molecule has 0 spiro atoms. The molecular weight excluding hydrogens is 259 g/mol. The molecule has 0 saturated carbocycles. The zero-order valence-electron chi connectivity index (χ0n) is 10.0. The number of carbonyl (C=O) groups excluding carboxylic acids is 1. The van der Waals surface area contributed by atoms with Gasteiger partial charge in [0.25, 0.3) is 0 Å². The van der Waals surface area contributed by atoms with Crippen molar-refractivity contribution in [1.82, 2.24) is 0 Å². The first-order valence-electron chi connectivity index (χ1n) is 5.70. The summed E-state index contributed by atoms with van der Waals surface area (Å²) in [4.78, 5) is 12.0. The largest absolute Gasteiger partial charge is 0.366 e. The number of rotatable bonds is 6. The molecule has 0 saturated heterocycles. The van der Waals surface area contributed by atoms with Crippen LogP contribution in [0.3, 0.4) is 0 Å². The maximum absolute atomic E-state index is 12.0. The molecule has 1 unspecified atom stereocenters. The average molecular weight is 275 g/mol. The highest BCUT2D eigenvalue weighted by Crippen LogP contribution is 2.32. The highest BCUT2D eigenvalue weighted by Gasteiger charge is 2.23. The van der Waals surface area contributed by atoms with E-state index in [1.54, 1.807) is 18.2 Å². The second kappa shape index (κ2) is 7.00. The van der Waals surface area contributed by atoms with Crippen LogP contribution in [0.4, 0.5) is 0 Å². The number of carbonyl (C=O) groups is 1. The average Bonchev–Trinajstić information content (AvgIpc) is 2.30. The Morgan fingerprint density at radius 1 is 1.35 bits per heavy atom. The summed E-state index contributed by atoms with van der Waals surface area (Å²) in [6, 6.07) is 5.25. The number of ketones is 1. The SMILES string of the molecule is CCCC(=O)C(OCC)c1cccc(Cl)c1Cl. The van der Waals surface area contributed by atoms with Crippen LogP contribution in [0.15, 0.2) is 18.2 Å².